The zero-order valence-electron chi connectivity index (χ0n) is 17.5. The number of nitrogens with zero attached hydrogens (tertiary/aromatic N) is 3. The summed E-state index contributed by atoms with van der Waals surface area (Å²) in [4.78, 5) is 39.5. The van der Waals surface area contributed by atoms with Crippen LogP contribution in [-0.4, -0.2) is 77.2 Å². The average molecular weight is 417 g/mol. The molecule has 3 rings (SSSR count). The molecule has 2 fully saturated rings. The van der Waals surface area contributed by atoms with Gasteiger partial charge in [-0.3, -0.25) is 19.8 Å². The predicted molar refractivity (Wildman–Crippen MR) is 112 cm³/mol. The van der Waals surface area contributed by atoms with Gasteiger partial charge in [-0.2, -0.15) is 5.01 Å². The van der Waals surface area contributed by atoms with E-state index in [0.29, 0.717) is 39.1 Å². The summed E-state index contributed by atoms with van der Waals surface area (Å²) in [5, 5.41) is 14.2. The molecule has 8 heteroatoms. The summed E-state index contributed by atoms with van der Waals surface area (Å²) in [7, 11) is 0. The molecule has 0 bridgehead atoms. The van der Waals surface area contributed by atoms with Gasteiger partial charge in [-0.25, -0.2) is 9.80 Å². The molecular weight excluding hydrogens is 384 g/mol. The van der Waals surface area contributed by atoms with Gasteiger partial charge in [-0.05, 0) is 24.8 Å². The number of β-amino-alcohol motifs (C(OH)–C–C–N with tert-alkyl or cyclic N) is 1. The van der Waals surface area contributed by atoms with Crippen molar-refractivity contribution in [1.82, 2.24) is 20.2 Å². The average Bonchev–Trinajstić information content (AvgIpc) is 2.74. The van der Waals surface area contributed by atoms with Crippen molar-refractivity contribution in [3.05, 3.63) is 35.9 Å². The molecule has 2 aliphatic rings. The van der Waals surface area contributed by atoms with Crippen molar-refractivity contribution in [2.75, 3.05) is 39.3 Å². The fourth-order valence-electron chi connectivity index (χ4n) is 4.11. The van der Waals surface area contributed by atoms with Crippen LogP contribution in [0.1, 0.15) is 37.7 Å². The van der Waals surface area contributed by atoms with Gasteiger partial charge in [0.25, 0.3) is 5.91 Å². The largest absolute Gasteiger partial charge is 0.395 e. The van der Waals surface area contributed by atoms with E-state index < -0.39 is 23.8 Å². The van der Waals surface area contributed by atoms with E-state index in [4.69, 9.17) is 5.11 Å². The quantitative estimate of drug-likeness (QED) is 0.442. The van der Waals surface area contributed by atoms with Crippen LogP contribution in [0.4, 0.5) is 4.79 Å². The molecule has 0 aromatic heterocycles. The van der Waals surface area contributed by atoms with Crippen LogP contribution in [-0.2, 0) is 16.0 Å². The van der Waals surface area contributed by atoms with Crippen LogP contribution in [0.15, 0.2) is 30.3 Å². The van der Waals surface area contributed by atoms with Crippen LogP contribution in [0.3, 0.4) is 0 Å². The van der Waals surface area contributed by atoms with Crippen LogP contribution in [0.2, 0.25) is 0 Å². The summed E-state index contributed by atoms with van der Waals surface area (Å²) in [6.07, 6.45) is 5.37. The van der Waals surface area contributed by atoms with Gasteiger partial charge in [-0.1, -0.05) is 49.6 Å². The summed E-state index contributed by atoms with van der Waals surface area (Å²) in [5.74, 6) is -1.69. The predicted octanol–water partition coefficient (Wildman–Crippen LogP) is 1.40. The lowest BCUT2D eigenvalue weighted by Crippen LogP contribution is -2.66. The van der Waals surface area contributed by atoms with E-state index in [1.54, 1.807) is 5.01 Å². The Labute approximate surface area is 177 Å². The number of benzene rings is 1. The van der Waals surface area contributed by atoms with Crippen LogP contribution in [0.5, 0.6) is 0 Å². The number of piperazine rings is 1. The van der Waals surface area contributed by atoms with Gasteiger partial charge in [0.05, 0.1) is 6.61 Å². The minimum Gasteiger partial charge on any atom is -0.395 e. The lowest BCUT2D eigenvalue weighted by molar-refractivity contribution is -0.156. The monoisotopic (exact) mass is 416 g/mol. The smallest absolute Gasteiger partial charge is 0.345 e. The van der Waals surface area contributed by atoms with Crippen molar-refractivity contribution in [3.63, 3.8) is 0 Å². The first-order valence-electron chi connectivity index (χ1n) is 10.9. The highest BCUT2D eigenvalue weighted by Gasteiger charge is 2.43. The number of aryl methyl sites for hydroxylation is 1. The number of barbiturate groups is 1. The first-order chi connectivity index (χ1) is 14.6. The van der Waals surface area contributed by atoms with Crippen molar-refractivity contribution < 1.29 is 19.5 Å². The number of nitrogens with one attached hydrogen (secondary N) is 1. The summed E-state index contributed by atoms with van der Waals surface area (Å²) in [6, 6.07) is 9.70. The molecular formula is C22H32N4O4. The van der Waals surface area contributed by atoms with Crippen molar-refractivity contribution in [3.8, 4) is 0 Å². The lowest BCUT2D eigenvalue weighted by atomic mass is 9.96. The Morgan fingerprint density at radius 3 is 2.33 bits per heavy atom. The second kappa shape index (κ2) is 11.2. The first-order valence-corrected chi connectivity index (χ1v) is 10.9. The normalized spacial score (nSPS) is 21.2. The molecule has 2 aliphatic heterocycles. The molecule has 164 valence electrons. The fourth-order valence-corrected chi connectivity index (χ4v) is 4.11. The second-order valence-corrected chi connectivity index (χ2v) is 7.95. The SMILES string of the molecule is O=C1NC(=O)N(N2CCN(CCO)CC2)C(=O)C1CCCCCCc1ccccc1. The van der Waals surface area contributed by atoms with E-state index in [2.05, 4.69) is 22.3 Å². The number of aliphatic hydroxyl groups is 1. The van der Waals surface area contributed by atoms with Gasteiger partial charge in [0.2, 0.25) is 5.91 Å². The molecule has 2 saturated heterocycles. The van der Waals surface area contributed by atoms with Crippen LogP contribution < -0.4 is 5.32 Å². The van der Waals surface area contributed by atoms with Crippen molar-refractivity contribution in [1.29, 1.82) is 0 Å². The molecule has 30 heavy (non-hydrogen) atoms. The summed E-state index contributed by atoms with van der Waals surface area (Å²) >= 11 is 0. The Balaban J connectivity index is 1.43. The zero-order valence-corrected chi connectivity index (χ0v) is 17.5. The molecule has 4 amide bonds. The summed E-state index contributed by atoms with van der Waals surface area (Å²) in [6.45, 7) is 3.03. The van der Waals surface area contributed by atoms with E-state index in [1.807, 2.05) is 18.2 Å². The highest BCUT2D eigenvalue weighted by atomic mass is 16.3. The molecule has 1 unspecified atom stereocenters. The van der Waals surface area contributed by atoms with E-state index in [-0.39, 0.29) is 6.61 Å². The van der Waals surface area contributed by atoms with Gasteiger partial charge in [0, 0.05) is 32.7 Å². The standard InChI is InChI=1S/C22H32N4O4/c27-17-16-24-12-14-25(15-13-24)26-21(29)19(20(28)23-22(26)30)11-7-2-1-4-8-18-9-5-3-6-10-18/h3,5-6,9-10,19,27H,1-2,4,7-8,11-17H2,(H,23,28,30). The van der Waals surface area contributed by atoms with Gasteiger partial charge in [0.15, 0.2) is 0 Å². The van der Waals surface area contributed by atoms with Crippen LogP contribution >= 0.6 is 0 Å². The number of carbonyl (C=O) groups is 3. The highest BCUT2D eigenvalue weighted by molar-refractivity contribution is 6.15. The number of unbranched alkanes of at least 4 members (excludes halogenated alkanes) is 3. The topological polar surface area (TPSA) is 93.2 Å². The number of aliphatic hydroxyl groups excluding tert-OH is 1. The maximum atomic E-state index is 12.9. The Kier molecular flexibility index (Phi) is 8.36. The molecule has 0 aliphatic carbocycles. The molecule has 2 heterocycles. The number of urea groups is 1. The summed E-state index contributed by atoms with van der Waals surface area (Å²) in [5.41, 5.74) is 1.33. The number of amides is 4. The number of carbonyl (C=O) groups excluding carboxylic acids is 3. The molecule has 0 saturated carbocycles. The van der Waals surface area contributed by atoms with Gasteiger partial charge < -0.3 is 5.11 Å². The number of hydrazine groups is 1. The van der Waals surface area contributed by atoms with E-state index in [1.165, 1.54) is 5.56 Å². The van der Waals surface area contributed by atoms with Crippen molar-refractivity contribution in [2.45, 2.75) is 38.5 Å². The number of imide groups is 2. The highest BCUT2D eigenvalue weighted by Crippen LogP contribution is 2.21. The van der Waals surface area contributed by atoms with Gasteiger partial charge in [-0.15, -0.1) is 0 Å². The molecule has 1 aromatic carbocycles. The Morgan fingerprint density at radius 2 is 1.63 bits per heavy atom. The maximum Gasteiger partial charge on any atom is 0.345 e. The van der Waals surface area contributed by atoms with Crippen LogP contribution in [0.25, 0.3) is 0 Å². The van der Waals surface area contributed by atoms with E-state index in [0.717, 1.165) is 37.1 Å². The lowest BCUT2D eigenvalue weighted by Gasteiger charge is -2.42. The molecule has 1 atom stereocenters. The first kappa shape index (κ1) is 22.4. The number of hydrogen-bond acceptors (Lipinski definition) is 6. The number of rotatable bonds is 10. The minimum absolute atomic E-state index is 0.0883. The third kappa shape index (κ3) is 5.87. The van der Waals surface area contributed by atoms with E-state index in [9.17, 15) is 14.4 Å². The Morgan fingerprint density at radius 1 is 0.933 bits per heavy atom. The molecule has 0 radical (unpaired) electrons. The molecule has 2 N–H and O–H groups in total. The Bertz CT molecular complexity index is 719. The summed E-state index contributed by atoms with van der Waals surface area (Å²) < 4.78 is 0. The third-order valence-electron chi connectivity index (χ3n) is 5.84. The maximum absolute atomic E-state index is 12.9. The van der Waals surface area contributed by atoms with E-state index >= 15 is 0 Å². The molecule has 1 aromatic rings. The van der Waals surface area contributed by atoms with Crippen molar-refractivity contribution >= 4 is 17.8 Å². The van der Waals surface area contributed by atoms with Gasteiger partial charge >= 0.3 is 6.03 Å². The molecule has 0 spiro atoms. The van der Waals surface area contributed by atoms with Crippen LogP contribution in [0, 0.1) is 5.92 Å². The Hall–Kier alpha value is -2.29. The third-order valence-corrected chi connectivity index (χ3v) is 5.84. The minimum atomic E-state index is -0.799. The van der Waals surface area contributed by atoms with Crippen molar-refractivity contribution in [2.24, 2.45) is 5.92 Å². The van der Waals surface area contributed by atoms with Gasteiger partial charge in [0.1, 0.15) is 5.92 Å². The molecule has 8 nitrogen and oxygen atoms in total. The fraction of sp³-hybridized carbons (Fsp3) is 0.591. The second-order valence-electron chi connectivity index (χ2n) is 7.95. The number of hydrogen-bond donors (Lipinski definition) is 2. The zero-order chi connectivity index (χ0) is 21.3.